The zero-order chi connectivity index (χ0) is 19.6. The zero-order valence-electron chi connectivity index (χ0n) is 15.3. The topological polar surface area (TPSA) is 92.0 Å². The zero-order valence-corrected chi connectivity index (χ0v) is 16.1. The smallest absolute Gasteiger partial charge is 0.282 e. The number of rotatable bonds is 5. The lowest BCUT2D eigenvalue weighted by Crippen LogP contribution is -2.54. The number of morpholine rings is 1. The summed E-state index contributed by atoms with van der Waals surface area (Å²) in [6, 6.07) is 5.85. The molecule has 9 nitrogen and oxygen atoms in total. The molecule has 2 fully saturated rings. The van der Waals surface area contributed by atoms with Crippen LogP contribution in [0, 0.1) is 5.82 Å². The van der Waals surface area contributed by atoms with Gasteiger partial charge in [-0.05, 0) is 24.3 Å². The molecule has 0 bridgehead atoms. The number of hydrogen-bond donors (Lipinski definition) is 0. The third kappa shape index (κ3) is 4.23. The van der Waals surface area contributed by atoms with Gasteiger partial charge in [0, 0.05) is 44.8 Å². The van der Waals surface area contributed by atoms with Crippen molar-refractivity contribution in [2.45, 2.75) is 6.54 Å². The number of hydrogen-bond acceptors (Lipinski definition) is 7. The van der Waals surface area contributed by atoms with Crippen molar-refractivity contribution in [3.05, 3.63) is 35.9 Å². The molecule has 0 radical (unpaired) electrons. The van der Waals surface area contributed by atoms with Crippen LogP contribution in [0.5, 0.6) is 0 Å². The second-order valence-electron chi connectivity index (χ2n) is 6.72. The Morgan fingerprint density at radius 3 is 2.29 bits per heavy atom. The highest BCUT2D eigenvalue weighted by Gasteiger charge is 2.33. The summed E-state index contributed by atoms with van der Waals surface area (Å²) >= 11 is 0. The second kappa shape index (κ2) is 8.21. The maximum Gasteiger partial charge on any atom is 0.282 e. The predicted molar refractivity (Wildman–Crippen MR) is 97.9 cm³/mol. The summed E-state index contributed by atoms with van der Waals surface area (Å²) < 4.78 is 51.9. The Balaban J connectivity index is 1.33. The first kappa shape index (κ1) is 19.4. The van der Waals surface area contributed by atoms with Crippen molar-refractivity contribution < 1.29 is 22.1 Å². The molecule has 2 aliphatic heterocycles. The van der Waals surface area contributed by atoms with Crippen LogP contribution in [0.2, 0.25) is 0 Å². The number of ether oxygens (including phenoxy) is 1. The highest BCUT2D eigenvalue weighted by molar-refractivity contribution is 7.86. The second-order valence-corrected chi connectivity index (χ2v) is 8.65. The Labute approximate surface area is 162 Å². The average Bonchev–Trinajstić information content (AvgIpc) is 3.18. The minimum absolute atomic E-state index is 0.326. The maximum atomic E-state index is 13.0. The Morgan fingerprint density at radius 2 is 1.61 bits per heavy atom. The van der Waals surface area contributed by atoms with Crippen LogP contribution in [0.4, 0.5) is 4.39 Å². The van der Waals surface area contributed by atoms with E-state index in [-0.39, 0.29) is 5.82 Å². The van der Waals surface area contributed by atoms with Crippen molar-refractivity contribution in [2.75, 3.05) is 52.5 Å². The van der Waals surface area contributed by atoms with Gasteiger partial charge in [-0.25, -0.2) is 4.39 Å². The number of benzene rings is 1. The normalized spacial score (nSPS) is 20.5. The van der Waals surface area contributed by atoms with E-state index in [9.17, 15) is 12.8 Å². The molecule has 0 spiro atoms. The van der Waals surface area contributed by atoms with Gasteiger partial charge in [-0.2, -0.15) is 22.0 Å². The van der Waals surface area contributed by atoms with Crippen LogP contribution in [0.1, 0.15) is 5.82 Å². The van der Waals surface area contributed by atoms with E-state index in [1.165, 1.54) is 20.7 Å². The largest absolute Gasteiger partial charge is 0.379 e. The summed E-state index contributed by atoms with van der Waals surface area (Å²) in [4.78, 5) is 6.44. The van der Waals surface area contributed by atoms with Gasteiger partial charge in [0.2, 0.25) is 0 Å². The van der Waals surface area contributed by atoms with Crippen LogP contribution in [0.25, 0.3) is 11.5 Å². The summed E-state index contributed by atoms with van der Waals surface area (Å²) in [6.07, 6.45) is 0. The molecular weight excluding hydrogens is 389 g/mol. The lowest BCUT2D eigenvalue weighted by Gasteiger charge is -2.37. The molecule has 0 unspecified atom stereocenters. The predicted octanol–water partition coefficient (Wildman–Crippen LogP) is 0.570. The first-order chi connectivity index (χ1) is 13.5. The molecule has 11 heteroatoms. The van der Waals surface area contributed by atoms with Crippen molar-refractivity contribution in [1.82, 2.24) is 23.7 Å². The third-order valence-corrected chi connectivity index (χ3v) is 6.91. The van der Waals surface area contributed by atoms with Crippen molar-refractivity contribution in [3.63, 3.8) is 0 Å². The summed E-state index contributed by atoms with van der Waals surface area (Å²) in [5.74, 6) is 0.528. The fourth-order valence-corrected chi connectivity index (χ4v) is 4.85. The number of piperazine rings is 1. The van der Waals surface area contributed by atoms with E-state index < -0.39 is 10.2 Å². The maximum absolute atomic E-state index is 13.0. The van der Waals surface area contributed by atoms with E-state index in [1.807, 2.05) is 0 Å². The van der Waals surface area contributed by atoms with Crippen molar-refractivity contribution >= 4 is 10.2 Å². The molecule has 2 aliphatic rings. The SMILES string of the molecule is O=S(=O)(N1CCOCC1)N1CCN(Cc2noc(-c3ccc(F)cc3)n2)CC1. The Kier molecular flexibility index (Phi) is 5.69. The number of aromatic nitrogens is 2. The van der Waals surface area contributed by atoms with Gasteiger partial charge in [0.05, 0.1) is 19.8 Å². The van der Waals surface area contributed by atoms with E-state index in [0.29, 0.717) is 76.3 Å². The number of nitrogens with zero attached hydrogens (tertiary/aromatic N) is 5. The first-order valence-electron chi connectivity index (χ1n) is 9.16. The molecule has 4 rings (SSSR count). The monoisotopic (exact) mass is 411 g/mol. The van der Waals surface area contributed by atoms with E-state index in [2.05, 4.69) is 15.0 Å². The average molecular weight is 411 g/mol. The van der Waals surface area contributed by atoms with Gasteiger partial charge in [-0.1, -0.05) is 5.16 Å². The molecular formula is C17H22FN5O4S. The lowest BCUT2D eigenvalue weighted by molar-refractivity contribution is 0.0683. The Bertz CT molecular complexity index is 891. The van der Waals surface area contributed by atoms with Gasteiger partial charge in [0.25, 0.3) is 16.1 Å². The van der Waals surface area contributed by atoms with Gasteiger partial charge in [0.1, 0.15) is 5.82 Å². The summed E-state index contributed by atoms with van der Waals surface area (Å²) in [7, 11) is -3.44. The summed E-state index contributed by atoms with van der Waals surface area (Å²) in [5.41, 5.74) is 0.654. The van der Waals surface area contributed by atoms with Crippen LogP contribution in [-0.2, 0) is 21.5 Å². The highest BCUT2D eigenvalue weighted by atomic mass is 32.2. The molecule has 0 aliphatic carbocycles. The van der Waals surface area contributed by atoms with E-state index in [4.69, 9.17) is 9.26 Å². The van der Waals surface area contributed by atoms with Crippen molar-refractivity contribution in [3.8, 4) is 11.5 Å². The standard InChI is InChI=1S/C17H22FN5O4S/c18-15-3-1-14(2-4-15)17-19-16(20-27-17)13-21-5-7-22(8-6-21)28(24,25)23-9-11-26-12-10-23/h1-4H,5-13H2. The van der Waals surface area contributed by atoms with Crippen LogP contribution >= 0.6 is 0 Å². The van der Waals surface area contributed by atoms with Gasteiger partial charge in [-0.3, -0.25) is 4.90 Å². The minimum Gasteiger partial charge on any atom is -0.379 e. The van der Waals surface area contributed by atoms with E-state index >= 15 is 0 Å². The fraction of sp³-hybridized carbons (Fsp3) is 0.529. The van der Waals surface area contributed by atoms with Gasteiger partial charge >= 0.3 is 0 Å². The highest BCUT2D eigenvalue weighted by Crippen LogP contribution is 2.19. The molecule has 152 valence electrons. The van der Waals surface area contributed by atoms with Crippen molar-refractivity contribution in [1.29, 1.82) is 0 Å². The number of halogens is 1. The first-order valence-corrected chi connectivity index (χ1v) is 10.6. The minimum atomic E-state index is -3.44. The Morgan fingerprint density at radius 1 is 0.964 bits per heavy atom. The molecule has 0 atom stereocenters. The van der Waals surface area contributed by atoms with Gasteiger partial charge < -0.3 is 9.26 Å². The third-order valence-electron chi connectivity index (χ3n) is 4.88. The molecule has 0 saturated carbocycles. The van der Waals surface area contributed by atoms with Crippen molar-refractivity contribution in [2.24, 2.45) is 0 Å². The molecule has 1 aromatic heterocycles. The summed E-state index contributed by atoms with van der Waals surface area (Å²) in [5, 5.41) is 3.97. The van der Waals surface area contributed by atoms with Crippen LogP contribution in [-0.4, -0.2) is 84.6 Å². The summed E-state index contributed by atoms with van der Waals surface area (Å²) in [6.45, 7) is 4.16. The van der Waals surface area contributed by atoms with Crippen LogP contribution in [0.15, 0.2) is 28.8 Å². The quantitative estimate of drug-likeness (QED) is 0.710. The Hall–Kier alpha value is -1.92. The molecule has 0 amide bonds. The van der Waals surface area contributed by atoms with Gasteiger partial charge in [0.15, 0.2) is 5.82 Å². The van der Waals surface area contributed by atoms with Crippen LogP contribution in [0.3, 0.4) is 0 Å². The van der Waals surface area contributed by atoms with Crippen LogP contribution < -0.4 is 0 Å². The van der Waals surface area contributed by atoms with E-state index in [1.54, 1.807) is 12.1 Å². The molecule has 2 aromatic rings. The molecule has 3 heterocycles. The molecule has 0 N–H and O–H groups in total. The lowest BCUT2D eigenvalue weighted by atomic mass is 10.2. The fourth-order valence-electron chi connectivity index (χ4n) is 3.29. The van der Waals surface area contributed by atoms with E-state index in [0.717, 1.165) is 0 Å². The molecule has 1 aromatic carbocycles. The molecule has 2 saturated heterocycles. The molecule has 28 heavy (non-hydrogen) atoms. The van der Waals surface area contributed by atoms with Gasteiger partial charge in [-0.15, -0.1) is 0 Å².